The van der Waals surface area contributed by atoms with Crippen LogP contribution in [0.25, 0.3) is 22.1 Å². The number of aryl methyl sites for hydroxylation is 3. The fourth-order valence-corrected chi connectivity index (χ4v) is 3.28. The number of nitrogens with zero attached hydrogens (tertiary/aromatic N) is 4. The number of fused-ring (bicyclic) bond motifs is 3. The van der Waals surface area contributed by atoms with Crippen LogP contribution in [0, 0.1) is 19.7 Å². The van der Waals surface area contributed by atoms with Crippen LogP contribution in [0.15, 0.2) is 36.4 Å². The SMILES string of the molecule is Cc1cc(C)c2c(c1)c1nnc(NC(=O)c3ccccc3F)nc1n2C. The van der Waals surface area contributed by atoms with E-state index < -0.39 is 11.7 Å². The van der Waals surface area contributed by atoms with Gasteiger partial charge in [-0.1, -0.05) is 23.8 Å². The molecule has 7 heteroatoms. The van der Waals surface area contributed by atoms with Gasteiger partial charge in [0.2, 0.25) is 0 Å². The molecule has 2 heterocycles. The number of carbonyl (C=O) groups excluding carboxylic acids is 1. The molecule has 0 fully saturated rings. The van der Waals surface area contributed by atoms with Gasteiger partial charge >= 0.3 is 0 Å². The lowest BCUT2D eigenvalue weighted by atomic mass is 10.1. The molecule has 1 N–H and O–H groups in total. The van der Waals surface area contributed by atoms with Crippen LogP contribution in [0.3, 0.4) is 0 Å². The number of carbonyl (C=O) groups is 1. The zero-order valence-corrected chi connectivity index (χ0v) is 14.5. The number of hydrogen-bond donors (Lipinski definition) is 1. The van der Waals surface area contributed by atoms with Crippen LogP contribution in [0.2, 0.25) is 0 Å². The zero-order chi connectivity index (χ0) is 18.4. The fraction of sp³-hybridized carbons (Fsp3) is 0.158. The first-order chi connectivity index (χ1) is 12.5. The second-order valence-electron chi connectivity index (χ2n) is 6.28. The van der Waals surface area contributed by atoms with E-state index in [4.69, 9.17) is 0 Å². The minimum absolute atomic E-state index is 0.0334. The molecule has 0 aliphatic heterocycles. The lowest BCUT2D eigenvalue weighted by molar-refractivity contribution is 0.102. The molecule has 0 aliphatic carbocycles. The summed E-state index contributed by atoms with van der Waals surface area (Å²) in [7, 11) is 1.89. The lowest BCUT2D eigenvalue weighted by Gasteiger charge is -2.04. The summed E-state index contributed by atoms with van der Waals surface area (Å²) in [5, 5.41) is 11.7. The van der Waals surface area contributed by atoms with Crippen LogP contribution >= 0.6 is 0 Å². The van der Waals surface area contributed by atoms with E-state index in [0.717, 1.165) is 22.0 Å². The molecular weight excluding hydrogens is 333 g/mol. The Hall–Kier alpha value is -3.35. The summed E-state index contributed by atoms with van der Waals surface area (Å²) in [6, 6.07) is 9.88. The van der Waals surface area contributed by atoms with E-state index in [1.807, 2.05) is 31.5 Å². The molecule has 6 nitrogen and oxygen atoms in total. The Morgan fingerprint density at radius 3 is 2.69 bits per heavy atom. The highest BCUT2D eigenvalue weighted by Crippen LogP contribution is 2.29. The molecule has 26 heavy (non-hydrogen) atoms. The summed E-state index contributed by atoms with van der Waals surface area (Å²) in [5.41, 5.74) is 4.45. The van der Waals surface area contributed by atoms with Gasteiger partial charge in [-0.25, -0.2) is 4.39 Å². The van der Waals surface area contributed by atoms with Crippen molar-refractivity contribution in [2.75, 3.05) is 5.32 Å². The van der Waals surface area contributed by atoms with Gasteiger partial charge in [0.1, 0.15) is 11.3 Å². The van der Waals surface area contributed by atoms with Crippen molar-refractivity contribution >= 4 is 33.9 Å². The Morgan fingerprint density at radius 1 is 1.15 bits per heavy atom. The average Bonchev–Trinajstić information content (AvgIpc) is 2.87. The number of anilines is 1. The van der Waals surface area contributed by atoms with E-state index in [-0.39, 0.29) is 11.5 Å². The standard InChI is InChI=1S/C19H16FN5O/c1-10-8-11(2)16-13(9-10)15-17(25(16)3)21-19(24-23-15)22-18(26)12-6-4-5-7-14(12)20/h4-9H,1-3H3,(H,21,22,24,26). The molecule has 0 bridgehead atoms. The van der Waals surface area contributed by atoms with E-state index in [0.29, 0.717) is 11.2 Å². The largest absolute Gasteiger partial charge is 0.327 e. The van der Waals surface area contributed by atoms with E-state index in [9.17, 15) is 9.18 Å². The van der Waals surface area contributed by atoms with Crippen molar-refractivity contribution in [3.05, 3.63) is 58.9 Å². The van der Waals surface area contributed by atoms with Gasteiger partial charge < -0.3 is 4.57 Å². The van der Waals surface area contributed by atoms with E-state index in [1.165, 1.54) is 18.2 Å². The molecular formula is C19H16FN5O. The Balaban J connectivity index is 1.80. The molecule has 0 radical (unpaired) electrons. The predicted molar refractivity (Wildman–Crippen MR) is 97.6 cm³/mol. The molecule has 2 aromatic heterocycles. The van der Waals surface area contributed by atoms with Gasteiger partial charge in [-0.15, -0.1) is 10.2 Å². The van der Waals surface area contributed by atoms with Gasteiger partial charge in [-0.2, -0.15) is 4.98 Å². The highest BCUT2D eigenvalue weighted by atomic mass is 19.1. The highest BCUT2D eigenvalue weighted by molar-refractivity contribution is 6.07. The van der Waals surface area contributed by atoms with Gasteiger partial charge in [0.15, 0.2) is 5.65 Å². The molecule has 4 rings (SSSR count). The Kier molecular flexibility index (Phi) is 3.64. The third kappa shape index (κ3) is 2.48. The second-order valence-corrected chi connectivity index (χ2v) is 6.28. The first kappa shape index (κ1) is 16.1. The summed E-state index contributed by atoms with van der Waals surface area (Å²) in [6.45, 7) is 4.05. The number of hydrogen-bond acceptors (Lipinski definition) is 4. The van der Waals surface area contributed by atoms with Crippen molar-refractivity contribution in [3.63, 3.8) is 0 Å². The number of nitrogens with one attached hydrogen (secondary N) is 1. The molecule has 2 aromatic carbocycles. The molecule has 0 aliphatic rings. The zero-order valence-electron chi connectivity index (χ0n) is 14.5. The maximum absolute atomic E-state index is 13.8. The van der Waals surface area contributed by atoms with Gasteiger partial charge in [-0.3, -0.25) is 10.1 Å². The molecule has 4 aromatic rings. The Bertz CT molecular complexity index is 1180. The Labute approximate surface area is 148 Å². The van der Waals surface area contributed by atoms with Crippen LogP contribution in [0.4, 0.5) is 10.3 Å². The van der Waals surface area contributed by atoms with E-state index in [1.54, 1.807) is 6.07 Å². The molecule has 0 atom stereocenters. The maximum Gasteiger partial charge on any atom is 0.261 e. The highest BCUT2D eigenvalue weighted by Gasteiger charge is 2.17. The van der Waals surface area contributed by atoms with Crippen molar-refractivity contribution in [1.29, 1.82) is 0 Å². The lowest BCUT2D eigenvalue weighted by Crippen LogP contribution is -2.16. The number of aromatic nitrogens is 4. The third-order valence-electron chi connectivity index (χ3n) is 4.37. The van der Waals surface area contributed by atoms with E-state index in [2.05, 4.69) is 26.6 Å². The van der Waals surface area contributed by atoms with Crippen LogP contribution in [0.1, 0.15) is 21.5 Å². The average molecular weight is 349 g/mol. The van der Waals surface area contributed by atoms with Crippen molar-refractivity contribution < 1.29 is 9.18 Å². The molecule has 0 unspecified atom stereocenters. The fourth-order valence-electron chi connectivity index (χ4n) is 3.28. The summed E-state index contributed by atoms with van der Waals surface area (Å²) in [4.78, 5) is 16.7. The van der Waals surface area contributed by atoms with Crippen LogP contribution in [0.5, 0.6) is 0 Å². The second kappa shape index (κ2) is 5.87. The Morgan fingerprint density at radius 2 is 1.92 bits per heavy atom. The van der Waals surface area contributed by atoms with Gasteiger partial charge in [0, 0.05) is 12.4 Å². The van der Waals surface area contributed by atoms with Gasteiger partial charge in [-0.05, 0) is 37.6 Å². The molecule has 0 saturated heterocycles. The minimum atomic E-state index is -0.616. The summed E-state index contributed by atoms with van der Waals surface area (Å²) in [5.74, 6) is -1.18. The monoisotopic (exact) mass is 349 g/mol. The predicted octanol–water partition coefficient (Wildman–Crippen LogP) is 3.52. The van der Waals surface area contributed by atoms with Crippen LogP contribution in [-0.2, 0) is 7.05 Å². The van der Waals surface area contributed by atoms with Gasteiger partial charge in [0.05, 0.1) is 11.1 Å². The molecule has 0 saturated carbocycles. The number of amides is 1. The maximum atomic E-state index is 13.8. The summed E-state index contributed by atoms with van der Waals surface area (Å²) < 4.78 is 15.7. The van der Waals surface area contributed by atoms with Crippen LogP contribution < -0.4 is 5.32 Å². The van der Waals surface area contributed by atoms with Gasteiger partial charge in [0.25, 0.3) is 11.9 Å². The van der Waals surface area contributed by atoms with Crippen molar-refractivity contribution in [2.45, 2.75) is 13.8 Å². The number of rotatable bonds is 2. The summed E-state index contributed by atoms with van der Waals surface area (Å²) >= 11 is 0. The van der Waals surface area contributed by atoms with Crippen LogP contribution in [-0.4, -0.2) is 25.7 Å². The summed E-state index contributed by atoms with van der Waals surface area (Å²) in [6.07, 6.45) is 0. The van der Waals surface area contributed by atoms with Crippen molar-refractivity contribution in [3.8, 4) is 0 Å². The topological polar surface area (TPSA) is 72.7 Å². The first-order valence-corrected chi connectivity index (χ1v) is 8.11. The van der Waals surface area contributed by atoms with Crippen molar-refractivity contribution in [2.24, 2.45) is 7.05 Å². The first-order valence-electron chi connectivity index (χ1n) is 8.11. The smallest absolute Gasteiger partial charge is 0.261 e. The quantitative estimate of drug-likeness (QED) is 0.601. The third-order valence-corrected chi connectivity index (χ3v) is 4.37. The van der Waals surface area contributed by atoms with E-state index >= 15 is 0 Å². The molecule has 0 spiro atoms. The normalized spacial score (nSPS) is 11.2. The number of halogens is 1. The molecule has 130 valence electrons. The minimum Gasteiger partial charge on any atom is -0.327 e. The van der Waals surface area contributed by atoms with Crippen molar-refractivity contribution in [1.82, 2.24) is 19.7 Å². The molecule has 1 amide bonds. The number of benzene rings is 2.